The molecule has 0 aliphatic heterocycles. The Morgan fingerprint density at radius 3 is 1.30 bits per heavy atom. The highest BCUT2D eigenvalue weighted by molar-refractivity contribution is 8.34. The quantitative estimate of drug-likeness (QED) is 0.151. The van der Waals surface area contributed by atoms with Gasteiger partial charge >= 0.3 is 0 Å². The summed E-state index contributed by atoms with van der Waals surface area (Å²) in [5.74, 6) is 0. The van der Waals surface area contributed by atoms with Gasteiger partial charge < -0.3 is 9.13 Å². The van der Waals surface area contributed by atoms with Crippen LogP contribution in [0, 0.1) is 0 Å². The van der Waals surface area contributed by atoms with Crippen molar-refractivity contribution in [2.24, 2.45) is 0 Å². The fraction of sp³-hybridized carbons (Fsp3) is 0.0476. The van der Waals surface area contributed by atoms with E-state index in [0.717, 1.165) is 5.69 Å². The van der Waals surface area contributed by atoms with Crippen LogP contribution >= 0.6 is 10.0 Å². The number of nitrogens with zero attached hydrogens (tertiary/aromatic N) is 2. The van der Waals surface area contributed by atoms with E-state index in [2.05, 4.69) is 266 Å². The molecule has 0 radical (unpaired) electrons. The van der Waals surface area contributed by atoms with Gasteiger partial charge in [0.2, 0.25) is 0 Å². The summed E-state index contributed by atoms with van der Waals surface area (Å²) < 4.78 is 4.93. The Hall–Kier alpha value is -7.85. The molecule has 314 valence electrons. The summed E-state index contributed by atoms with van der Waals surface area (Å²) in [6.07, 6.45) is 0. The van der Waals surface area contributed by atoms with Crippen molar-refractivity contribution in [2.45, 2.75) is 38.8 Å². The molecule has 2 aromatic heterocycles. The number of hydrogen-bond acceptors (Lipinski definition) is 0. The highest BCUT2D eigenvalue weighted by Gasteiger charge is 2.36. The van der Waals surface area contributed by atoms with E-state index in [1.165, 1.54) is 102 Å². The summed E-state index contributed by atoms with van der Waals surface area (Å²) in [4.78, 5) is 5.24. The molecular weight excluding hydrogens is 817 g/mol. The molecule has 1 aliphatic rings. The zero-order valence-corrected chi connectivity index (χ0v) is 37.7. The molecule has 10 aromatic carbocycles. The van der Waals surface area contributed by atoms with Gasteiger partial charge in [0, 0.05) is 57.9 Å². The van der Waals surface area contributed by atoms with Crippen LogP contribution in [0.1, 0.15) is 25.0 Å². The van der Waals surface area contributed by atoms with E-state index in [-0.39, 0.29) is 5.41 Å². The second kappa shape index (κ2) is 14.9. The van der Waals surface area contributed by atoms with E-state index in [1.807, 2.05) is 0 Å². The van der Waals surface area contributed by atoms with Gasteiger partial charge in [0.15, 0.2) is 0 Å². The topological polar surface area (TPSA) is 9.86 Å². The molecule has 12 aromatic rings. The van der Waals surface area contributed by atoms with Crippen LogP contribution in [-0.4, -0.2) is 9.13 Å². The van der Waals surface area contributed by atoms with Crippen molar-refractivity contribution in [2.75, 3.05) is 0 Å². The molecule has 0 N–H and O–H groups in total. The normalized spacial score (nSPS) is 13.4. The maximum Gasteiger partial charge on any atom is 0.0541 e. The van der Waals surface area contributed by atoms with Crippen LogP contribution in [0.15, 0.2) is 262 Å². The van der Waals surface area contributed by atoms with E-state index < -0.39 is 10.0 Å². The van der Waals surface area contributed by atoms with Crippen LogP contribution in [0.2, 0.25) is 0 Å². The fourth-order valence-electron chi connectivity index (χ4n) is 11.2. The summed E-state index contributed by atoms with van der Waals surface area (Å²) in [7, 11) is -1.86. The van der Waals surface area contributed by atoms with Gasteiger partial charge in [-0.3, -0.25) is 0 Å². The summed E-state index contributed by atoms with van der Waals surface area (Å²) in [5.41, 5.74) is 15.0. The lowest BCUT2D eigenvalue weighted by Crippen LogP contribution is -2.15. The molecule has 1 aliphatic carbocycles. The molecule has 0 spiro atoms. The van der Waals surface area contributed by atoms with Crippen molar-refractivity contribution >= 4 is 53.6 Å². The van der Waals surface area contributed by atoms with Crippen molar-refractivity contribution < 1.29 is 0 Å². The van der Waals surface area contributed by atoms with Crippen molar-refractivity contribution in [3.8, 4) is 33.6 Å². The zero-order valence-electron chi connectivity index (χ0n) is 36.9. The van der Waals surface area contributed by atoms with E-state index >= 15 is 0 Å². The summed E-state index contributed by atoms with van der Waals surface area (Å²) in [5, 5.41) is 5.00. The van der Waals surface area contributed by atoms with Gasteiger partial charge in [0.05, 0.1) is 22.1 Å². The van der Waals surface area contributed by atoms with Gasteiger partial charge in [-0.15, -0.1) is 10.0 Å². The van der Waals surface area contributed by atoms with Crippen LogP contribution in [0.25, 0.3) is 77.2 Å². The van der Waals surface area contributed by atoms with Crippen molar-refractivity contribution in [1.82, 2.24) is 9.13 Å². The van der Waals surface area contributed by atoms with Crippen LogP contribution in [0.5, 0.6) is 0 Å². The highest BCUT2D eigenvalue weighted by atomic mass is 32.3. The number of rotatable bonds is 7. The van der Waals surface area contributed by atoms with E-state index in [0.29, 0.717) is 0 Å². The molecular formula is C63H46N2S. The third-order valence-electron chi connectivity index (χ3n) is 14.2. The summed E-state index contributed by atoms with van der Waals surface area (Å²) in [6.45, 7) is 4.72. The SMILES string of the molecule is CC1(C)c2ccccc2-c2ccc(-n3c4ccccc4c4cc(-c5ccc6c(c5)c5ccccc5n6-c5cccc(S(c6ccccc6)(c6ccccc6)c6ccccc6)c5)ccc43)cc21. The predicted octanol–water partition coefficient (Wildman–Crippen LogP) is 17.2. The Morgan fingerprint density at radius 1 is 0.303 bits per heavy atom. The highest BCUT2D eigenvalue weighted by Crippen LogP contribution is 2.73. The number of para-hydroxylation sites is 2. The lowest BCUT2D eigenvalue weighted by Gasteiger charge is -2.42. The molecule has 3 heteroatoms. The predicted molar refractivity (Wildman–Crippen MR) is 278 cm³/mol. The largest absolute Gasteiger partial charge is 0.309 e. The molecule has 0 saturated heterocycles. The summed E-state index contributed by atoms with van der Waals surface area (Å²) >= 11 is 0. The number of benzene rings is 10. The first kappa shape index (κ1) is 38.6. The van der Waals surface area contributed by atoms with Crippen LogP contribution in [0.4, 0.5) is 0 Å². The first-order valence-corrected chi connectivity index (χ1v) is 24.5. The number of aromatic nitrogens is 2. The first-order valence-electron chi connectivity index (χ1n) is 22.9. The first-order chi connectivity index (χ1) is 32.5. The van der Waals surface area contributed by atoms with Gasteiger partial charge in [-0.05, 0) is 137 Å². The van der Waals surface area contributed by atoms with Gasteiger partial charge in [-0.2, -0.15) is 0 Å². The second-order valence-electron chi connectivity index (χ2n) is 18.1. The molecule has 2 heterocycles. The minimum atomic E-state index is -1.86. The maximum absolute atomic E-state index is 2.47. The fourth-order valence-corrected chi connectivity index (χ4v) is 15.1. The number of fused-ring (bicyclic) bond motifs is 9. The van der Waals surface area contributed by atoms with E-state index in [9.17, 15) is 0 Å². The minimum absolute atomic E-state index is 0.0729. The smallest absolute Gasteiger partial charge is 0.0541 e. The molecule has 0 unspecified atom stereocenters. The summed E-state index contributed by atoms with van der Waals surface area (Å²) in [6, 6.07) is 90.5. The van der Waals surface area contributed by atoms with Gasteiger partial charge in [0.25, 0.3) is 0 Å². The molecule has 0 saturated carbocycles. The molecule has 0 bridgehead atoms. The van der Waals surface area contributed by atoms with Gasteiger partial charge in [-0.1, -0.05) is 153 Å². The Morgan fingerprint density at radius 2 is 0.742 bits per heavy atom. The lowest BCUT2D eigenvalue weighted by molar-refractivity contribution is 0.660. The van der Waals surface area contributed by atoms with Gasteiger partial charge in [-0.25, -0.2) is 0 Å². The Labute approximate surface area is 387 Å². The monoisotopic (exact) mass is 862 g/mol. The van der Waals surface area contributed by atoms with E-state index in [1.54, 1.807) is 0 Å². The molecule has 0 amide bonds. The average Bonchev–Trinajstić information content (AvgIpc) is 3.97. The zero-order chi connectivity index (χ0) is 44.0. The Bertz CT molecular complexity index is 3740. The van der Waals surface area contributed by atoms with Crippen molar-refractivity contribution in [1.29, 1.82) is 0 Å². The van der Waals surface area contributed by atoms with E-state index in [4.69, 9.17) is 0 Å². The van der Waals surface area contributed by atoms with Gasteiger partial charge in [0.1, 0.15) is 0 Å². The standard InChI is InChI=1S/C63H46N2S/c1-63(2)57-30-15-12-27-51(57)52-36-35-46(42-58(52)63)65-60-32-17-14-29-54(60)56-40-44(34-38-62(56)65)43-33-37-61-55(39-43)53-28-13-16-31-59(53)64(61)45-19-18-26-50(41-45)66(47-20-6-3-7-21-47,48-22-8-4-9-23-48)49-24-10-5-11-25-49/h3-42H,1-2H3. The third-order valence-corrected chi connectivity index (χ3v) is 18.1. The van der Waals surface area contributed by atoms with Crippen LogP contribution < -0.4 is 0 Å². The van der Waals surface area contributed by atoms with Crippen molar-refractivity contribution in [3.05, 3.63) is 254 Å². The minimum Gasteiger partial charge on any atom is -0.309 e. The molecule has 0 fully saturated rings. The van der Waals surface area contributed by atoms with Crippen molar-refractivity contribution in [3.63, 3.8) is 0 Å². The lowest BCUT2D eigenvalue weighted by atomic mass is 9.82. The molecule has 2 nitrogen and oxygen atoms in total. The second-order valence-corrected chi connectivity index (χ2v) is 21.2. The maximum atomic E-state index is 2.47. The number of hydrogen-bond donors (Lipinski definition) is 0. The molecule has 13 rings (SSSR count). The van der Waals surface area contributed by atoms with Crippen LogP contribution in [-0.2, 0) is 5.41 Å². The van der Waals surface area contributed by atoms with Crippen LogP contribution in [0.3, 0.4) is 0 Å². The Balaban J connectivity index is 0.958. The third kappa shape index (κ3) is 5.63. The average molecular weight is 863 g/mol. The Kier molecular flexibility index (Phi) is 8.68. The molecule has 66 heavy (non-hydrogen) atoms. The molecule has 0 atom stereocenters.